The second kappa shape index (κ2) is 9.38. The Hall–Kier alpha value is -1.08. The van der Waals surface area contributed by atoms with Crippen molar-refractivity contribution in [2.75, 3.05) is 0 Å². The quantitative estimate of drug-likeness (QED) is 0.473. The van der Waals surface area contributed by atoms with Crippen molar-refractivity contribution in [1.29, 1.82) is 0 Å². The molecule has 0 radical (unpaired) electrons. The van der Waals surface area contributed by atoms with Crippen LogP contribution >= 0.6 is 0 Å². The van der Waals surface area contributed by atoms with Gasteiger partial charge in [-0.25, -0.2) is 0 Å². The van der Waals surface area contributed by atoms with Crippen molar-refractivity contribution >= 4 is 0 Å². The highest BCUT2D eigenvalue weighted by atomic mass is 16.3. The van der Waals surface area contributed by atoms with Crippen LogP contribution in [0.3, 0.4) is 0 Å². The third kappa shape index (κ3) is 4.98. The molecule has 0 aliphatic heterocycles. The first-order valence-electron chi connectivity index (χ1n) is 12.2. The summed E-state index contributed by atoms with van der Waals surface area (Å²) < 4.78 is 0. The van der Waals surface area contributed by atoms with E-state index in [4.69, 9.17) is 0 Å². The molecule has 1 N–H and O–H groups in total. The van der Waals surface area contributed by atoms with Crippen molar-refractivity contribution < 1.29 is 5.11 Å². The van der Waals surface area contributed by atoms with Crippen LogP contribution in [0.15, 0.2) is 47.6 Å². The average Bonchev–Trinajstić information content (AvgIpc) is 3.04. The normalized spacial score (nSPS) is 38.2. The Labute approximate surface area is 180 Å². The fraction of sp³-hybridized carbons (Fsp3) is 0.714. The van der Waals surface area contributed by atoms with Gasteiger partial charge in [0.15, 0.2) is 0 Å². The maximum absolute atomic E-state index is 10.0. The van der Waals surface area contributed by atoms with Crippen LogP contribution in [-0.4, -0.2) is 11.2 Å². The fourth-order valence-corrected chi connectivity index (χ4v) is 6.25. The maximum atomic E-state index is 10.0. The van der Waals surface area contributed by atoms with E-state index < -0.39 is 0 Å². The van der Waals surface area contributed by atoms with Crippen LogP contribution < -0.4 is 0 Å². The van der Waals surface area contributed by atoms with E-state index in [2.05, 4.69) is 65.5 Å². The summed E-state index contributed by atoms with van der Waals surface area (Å²) in [5, 5.41) is 10.0. The Kier molecular flexibility index (Phi) is 7.31. The molecular weight excluding hydrogens is 352 g/mol. The number of rotatable bonds is 5. The largest absolute Gasteiger partial charge is 0.393 e. The number of allylic oxidation sites excluding steroid dienone is 6. The standard InChI is InChI=1S/C28H44O/c1-19(2)20(3)9-10-22(5)26-15-16-27-23(8-7-17-28(26,27)6)12-13-24-18-25(29)14-11-21(24)4/h9-10,12-13,19-20,22,25-27,29H,4,7-8,11,14-18H2,1-3,5-6H3/b10-9+,23-12?,24-13+/t20-,22+,25-,26+,27-,28+/m0/s1. The van der Waals surface area contributed by atoms with Gasteiger partial charge in [-0.1, -0.05) is 76.6 Å². The first-order chi connectivity index (χ1) is 13.7. The minimum absolute atomic E-state index is 0.182. The first-order valence-corrected chi connectivity index (χ1v) is 12.2. The zero-order valence-corrected chi connectivity index (χ0v) is 19.6. The van der Waals surface area contributed by atoms with Gasteiger partial charge in [-0.05, 0) is 91.9 Å². The van der Waals surface area contributed by atoms with Gasteiger partial charge in [0.1, 0.15) is 0 Å². The van der Waals surface area contributed by atoms with Gasteiger partial charge in [0.05, 0.1) is 6.10 Å². The van der Waals surface area contributed by atoms with E-state index in [0.717, 1.165) is 37.0 Å². The molecular formula is C28H44O. The molecule has 3 aliphatic rings. The molecule has 1 nitrogen and oxygen atoms in total. The third-order valence-electron chi connectivity index (χ3n) is 8.63. The lowest BCUT2D eigenvalue weighted by atomic mass is 9.61. The molecule has 162 valence electrons. The molecule has 0 aromatic heterocycles. The van der Waals surface area contributed by atoms with Crippen molar-refractivity contribution in [2.45, 2.75) is 92.1 Å². The minimum atomic E-state index is -0.182. The lowest BCUT2D eigenvalue weighted by Crippen LogP contribution is -2.35. The van der Waals surface area contributed by atoms with Crippen LogP contribution in [0.25, 0.3) is 0 Å². The molecule has 0 heterocycles. The summed E-state index contributed by atoms with van der Waals surface area (Å²) in [7, 11) is 0. The van der Waals surface area contributed by atoms with Gasteiger partial charge in [0.2, 0.25) is 0 Å². The molecule has 0 aromatic rings. The van der Waals surface area contributed by atoms with E-state index in [1.165, 1.54) is 43.3 Å². The highest BCUT2D eigenvalue weighted by Crippen LogP contribution is 2.59. The second-order valence-electron chi connectivity index (χ2n) is 10.9. The summed E-state index contributed by atoms with van der Waals surface area (Å²) in [5.74, 6) is 3.58. The SMILES string of the molecule is C=C1CC[C@H](O)C/C1=C\C=C1CCC[C@]2(C)[C@@H]([C@H](C)/C=C/[C@H](C)C(C)C)CC[C@@H]12. The zero-order valence-electron chi connectivity index (χ0n) is 19.6. The molecule has 0 aromatic carbocycles. The Morgan fingerprint density at radius 1 is 1.03 bits per heavy atom. The Bertz CT molecular complexity index is 678. The van der Waals surface area contributed by atoms with Crippen molar-refractivity contribution in [3.63, 3.8) is 0 Å². The van der Waals surface area contributed by atoms with Gasteiger partial charge < -0.3 is 5.11 Å². The molecule has 3 aliphatic carbocycles. The first kappa shape index (κ1) is 22.6. The van der Waals surface area contributed by atoms with E-state index in [1.807, 2.05) is 0 Å². The molecule has 3 saturated carbocycles. The summed E-state index contributed by atoms with van der Waals surface area (Å²) in [5.41, 5.74) is 4.61. The number of hydrogen-bond donors (Lipinski definition) is 1. The van der Waals surface area contributed by atoms with Gasteiger partial charge in [-0.15, -0.1) is 0 Å². The third-order valence-corrected chi connectivity index (χ3v) is 8.63. The predicted molar refractivity (Wildman–Crippen MR) is 126 cm³/mol. The Morgan fingerprint density at radius 3 is 2.52 bits per heavy atom. The Balaban J connectivity index is 1.75. The molecule has 3 fully saturated rings. The minimum Gasteiger partial charge on any atom is -0.393 e. The van der Waals surface area contributed by atoms with E-state index in [1.54, 1.807) is 5.57 Å². The lowest BCUT2D eigenvalue weighted by molar-refractivity contribution is 0.112. The van der Waals surface area contributed by atoms with Gasteiger partial charge in [-0.2, -0.15) is 0 Å². The van der Waals surface area contributed by atoms with Crippen LogP contribution in [0, 0.1) is 35.0 Å². The number of fused-ring (bicyclic) bond motifs is 1. The summed E-state index contributed by atoms with van der Waals surface area (Å²) in [4.78, 5) is 0. The topological polar surface area (TPSA) is 20.2 Å². The van der Waals surface area contributed by atoms with Crippen molar-refractivity contribution in [3.05, 3.63) is 47.6 Å². The lowest BCUT2D eigenvalue weighted by Gasteiger charge is -2.44. The highest BCUT2D eigenvalue weighted by Gasteiger charge is 2.50. The smallest absolute Gasteiger partial charge is 0.0583 e. The van der Waals surface area contributed by atoms with Crippen molar-refractivity contribution in [2.24, 2.45) is 35.0 Å². The summed E-state index contributed by atoms with van der Waals surface area (Å²) in [6.07, 6.45) is 18.8. The monoisotopic (exact) mass is 396 g/mol. The van der Waals surface area contributed by atoms with Crippen LogP contribution in [0.5, 0.6) is 0 Å². The number of hydrogen-bond acceptors (Lipinski definition) is 1. The summed E-state index contributed by atoms with van der Waals surface area (Å²) in [6, 6.07) is 0. The molecule has 0 amide bonds. The Morgan fingerprint density at radius 2 is 1.79 bits per heavy atom. The van der Waals surface area contributed by atoms with E-state index in [0.29, 0.717) is 17.3 Å². The molecule has 0 saturated heterocycles. The van der Waals surface area contributed by atoms with E-state index in [9.17, 15) is 5.11 Å². The van der Waals surface area contributed by atoms with Gasteiger partial charge in [0, 0.05) is 0 Å². The molecule has 3 rings (SSSR count). The van der Waals surface area contributed by atoms with Gasteiger partial charge in [0.25, 0.3) is 0 Å². The van der Waals surface area contributed by atoms with Crippen molar-refractivity contribution in [1.82, 2.24) is 0 Å². The molecule has 6 atom stereocenters. The molecule has 0 unspecified atom stereocenters. The fourth-order valence-electron chi connectivity index (χ4n) is 6.25. The number of aliphatic hydroxyl groups excluding tert-OH is 1. The predicted octanol–water partition coefficient (Wildman–Crippen LogP) is 7.64. The van der Waals surface area contributed by atoms with E-state index >= 15 is 0 Å². The second-order valence-corrected chi connectivity index (χ2v) is 10.9. The molecule has 29 heavy (non-hydrogen) atoms. The zero-order chi connectivity index (χ0) is 21.2. The van der Waals surface area contributed by atoms with Crippen LogP contribution in [0.4, 0.5) is 0 Å². The van der Waals surface area contributed by atoms with Gasteiger partial charge >= 0.3 is 0 Å². The van der Waals surface area contributed by atoms with Gasteiger partial charge in [-0.3, -0.25) is 0 Å². The summed E-state index contributed by atoms with van der Waals surface area (Å²) >= 11 is 0. The maximum Gasteiger partial charge on any atom is 0.0583 e. The van der Waals surface area contributed by atoms with Crippen LogP contribution in [0.2, 0.25) is 0 Å². The molecule has 1 heteroatoms. The van der Waals surface area contributed by atoms with Crippen LogP contribution in [0.1, 0.15) is 86.0 Å². The van der Waals surface area contributed by atoms with E-state index in [-0.39, 0.29) is 6.10 Å². The van der Waals surface area contributed by atoms with Crippen LogP contribution in [-0.2, 0) is 0 Å². The molecule has 0 bridgehead atoms. The average molecular weight is 397 g/mol. The summed E-state index contributed by atoms with van der Waals surface area (Å²) in [6.45, 7) is 16.3. The number of aliphatic hydroxyl groups is 1. The molecule has 0 spiro atoms. The van der Waals surface area contributed by atoms with Crippen molar-refractivity contribution in [3.8, 4) is 0 Å². The highest BCUT2D eigenvalue weighted by molar-refractivity contribution is 5.36.